The van der Waals surface area contributed by atoms with Crippen molar-refractivity contribution in [1.29, 1.82) is 0 Å². The maximum atomic E-state index is 13.8. The van der Waals surface area contributed by atoms with E-state index < -0.39 is 28.5 Å². The first-order valence-corrected chi connectivity index (χ1v) is 14.1. The maximum absolute atomic E-state index is 13.8. The molecule has 3 aromatic carbocycles. The molecule has 1 atom stereocenters. The number of benzene rings is 3. The van der Waals surface area contributed by atoms with Crippen molar-refractivity contribution in [2.24, 2.45) is 0 Å². The number of carbonyl (C=O) groups is 2. The number of carbonyl (C=O) groups excluding carboxylic acids is 2. The summed E-state index contributed by atoms with van der Waals surface area (Å²) in [5, 5.41) is 3.06. The average Bonchev–Trinajstić information content (AvgIpc) is 2.85. The van der Waals surface area contributed by atoms with Crippen molar-refractivity contribution < 1.29 is 18.0 Å². The summed E-state index contributed by atoms with van der Waals surface area (Å²) in [5.41, 5.74) is 2.83. The van der Waals surface area contributed by atoms with Gasteiger partial charge in [0.2, 0.25) is 21.8 Å². The van der Waals surface area contributed by atoms with Crippen LogP contribution in [0, 0.1) is 6.92 Å². The van der Waals surface area contributed by atoms with Crippen molar-refractivity contribution in [2.75, 3.05) is 24.2 Å². The van der Waals surface area contributed by atoms with Gasteiger partial charge in [-0.2, -0.15) is 0 Å². The molecule has 2 amide bonds. The largest absolute Gasteiger partial charge is 0.357 e. The van der Waals surface area contributed by atoms with E-state index in [1.807, 2.05) is 61.5 Å². The van der Waals surface area contributed by atoms with Crippen molar-refractivity contribution in [1.82, 2.24) is 10.2 Å². The summed E-state index contributed by atoms with van der Waals surface area (Å²) < 4.78 is 26.4. The van der Waals surface area contributed by atoms with Crippen LogP contribution in [-0.2, 0) is 32.6 Å². The fraction of sp³-hybridized carbons (Fsp3) is 0.259. The molecular weight excluding hydrogens is 533 g/mol. The summed E-state index contributed by atoms with van der Waals surface area (Å²) in [4.78, 5) is 28.3. The number of hydrogen-bond donors (Lipinski definition) is 1. The molecule has 1 N–H and O–H groups in total. The van der Waals surface area contributed by atoms with Crippen LogP contribution in [0.3, 0.4) is 0 Å². The van der Waals surface area contributed by atoms with E-state index in [1.54, 1.807) is 0 Å². The summed E-state index contributed by atoms with van der Waals surface area (Å²) in [6.07, 6.45) is 1.24. The van der Waals surface area contributed by atoms with Gasteiger partial charge in [-0.05, 0) is 36.2 Å². The number of sulfonamides is 1. The molecule has 0 aliphatic heterocycles. The summed E-state index contributed by atoms with van der Waals surface area (Å²) in [7, 11) is -2.41. The molecular formula is C27H29Cl2N3O4S. The molecule has 0 fully saturated rings. The van der Waals surface area contributed by atoms with Crippen LogP contribution in [0.4, 0.5) is 5.69 Å². The number of rotatable bonds is 10. The van der Waals surface area contributed by atoms with Gasteiger partial charge in [-0.3, -0.25) is 13.9 Å². The predicted molar refractivity (Wildman–Crippen MR) is 148 cm³/mol. The van der Waals surface area contributed by atoms with Crippen LogP contribution in [0.1, 0.15) is 16.7 Å². The normalized spacial score (nSPS) is 12.0. The summed E-state index contributed by atoms with van der Waals surface area (Å²) in [6, 6.07) is 20.4. The number of anilines is 1. The van der Waals surface area contributed by atoms with Gasteiger partial charge in [0.15, 0.2) is 0 Å². The van der Waals surface area contributed by atoms with E-state index in [2.05, 4.69) is 5.32 Å². The molecule has 196 valence electrons. The molecule has 37 heavy (non-hydrogen) atoms. The van der Waals surface area contributed by atoms with Crippen molar-refractivity contribution in [2.45, 2.75) is 25.9 Å². The molecule has 7 nitrogen and oxygen atoms in total. The van der Waals surface area contributed by atoms with Crippen LogP contribution in [0.2, 0.25) is 10.0 Å². The minimum Gasteiger partial charge on any atom is -0.357 e. The van der Waals surface area contributed by atoms with Crippen molar-refractivity contribution >= 4 is 50.7 Å². The highest BCUT2D eigenvalue weighted by molar-refractivity contribution is 7.92. The zero-order valence-electron chi connectivity index (χ0n) is 20.8. The van der Waals surface area contributed by atoms with Gasteiger partial charge >= 0.3 is 0 Å². The number of halogens is 2. The fourth-order valence-electron chi connectivity index (χ4n) is 3.89. The van der Waals surface area contributed by atoms with Gasteiger partial charge in [0.25, 0.3) is 0 Å². The third-order valence-corrected chi connectivity index (χ3v) is 7.51. The first kappa shape index (κ1) is 28.5. The Labute approximate surface area is 228 Å². The van der Waals surface area contributed by atoms with Crippen molar-refractivity contribution in [3.63, 3.8) is 0 Å². The lowest BCUT2D eigenvalue weighted by Crippen LogP contribution is -2.52. The fourth-order valence-corrected chi connectivity index (χ4v) is 5.31. The molecule has 0 saturated heterocycles. The van der Waals surface area contributed by atoms with E-state index in [0.717, 1.165) is 27.3 Å². The Morgan fingerprint density at radius 3 is 2.16 bits per heavy atom. The Hall–Kier alpha value is -3.07. The summed E-state index contributed by atoms with van der Waals surface area (Å²) >= 11 is 12.3. The van der Waals surface area contributed by atoms with Gasteiger partial charge in [-0.15, -0.1) is 0 Å². The molecule has 3 aromatic rings. The minimum absolute atomic E-state index is 0.0861. The molecule has 0 radical (unpaired) electrons. The Kier molecular flexibility index (Phi) is 9.59. The lowest BCUT2D eigenvalue weighted by atomic mass is 10.0. The smallest absolute Gasteiger partial charge is 0.244 e. The van der Waals surface area contributed by atoms with Crippen LogP contribution < -0.4 is 9.62 Å². The number of amides is 2. The number of nitrogens with zero attached hydrogens (tertiary/aromatic N) is 2. The molecule has 0 aromatic heterocycles. The van der Waals surface area contributed by atoms with E-state index in [4.69, 9.17) is 23.2 Å². The zero-order chi connectivity index (χ0) is 27.2. The number of nitrogens with one attached hydrogen (secondary N) is 1. The summed E-state index contributed by atoms with van der Waals surface area (Å²) in [5.74, 6) is -0.915. The monoisotopic (exact) mass is 561 g/mol. The van der Waals surface area contributed by atoms with E-state index in [1.165, 1.54) is 30.1 Å². The van der Waals surface area contributed by atoms with Crippen molar-refractivity contribution in [3.8, 4) is 0 Å². The van der Waals surface area contributed by atoms with Crippen LogP contribution in [0.15, 0.2) is 72.8 Å². The lowest BCUT2D eigenvalue weighted by molar-refractivity contribution is -0.139. The number of hydrogen-bond acceptors (Lipinski definition) is 4. The van der Waals surface area contributed by atoms with Gasteiger partial charge in [0.1, 0.15) is 12.6 Å². The first-order chi connectivity index (χ1) is 17.5. The molecule has 3 rings (SSSR count). The summed E-state index contributed by atoms with van der Waals surface area (Å²) in [6.45, 7) is 1.51. The van der Waals surface area contributed by atoms with Gasteiger partial charge in [0, 0.05) is 25.0 Å². The van der Waals surface area contributed by atoms with Crippen LogP contribution >= 0.6 is 23.2 Å². The third kappa shape index (κ3) is 7.71. The number of likely N-dealkylation sites (N-methyl/N-ethyl adjacent to an activating group) is 1. The molecule has 0 aliphatic carbocycles. The first-order valence-electron chi connectivity index (χ1n) is 11.5. The molecule has 0 spiro atoms. The second-order valence-corrected chi connectivity index (χ2v) is 11.4. The molecule has 0 saturated carbocycles. The Bertz CT molecular complexity index is 1350. The molecule has 0 heterocycles. The second kappa shape index (κ2) is 12.4. The second-order valence-electron chi connectivity index (χ2n) is 8.69. The highest BCUT2D eigenvalue weighted by Gasteiger charge is 2.33. The number of aryl methyl sites for hydroxylation is 1. The predicted octanol–water partition coefficient (Wildman–Crippen LogP) is 4.45. The van der Waals surface area contributed by atoms with Crippen LogP contribution in [0.25, 0.3) is 0 Å². The highest BCUT2D eigenvalue weighted by Crippen LogP contribution is 2.30. The molecule has 0 bridgehead atoms. The van der Waals surface area contributed by atoms with Crippen LogP contribution in [-0.4, -0.2) is 51.0 Å². The lowest BCUT2D eigenvalue weighted by Gasteiger charge is -2.33. The molecule has 0 unspecified atom stereocenters. The van der Waals surface area contributed by atoms with E-state index >= 15 is 0 Å². The van der Waals surface area contributed by atoms with E-state index in [0.29, 0.717) is 5.02 Å². The van der Waals surface area contributed by atoms with Crippen molar-refractivity contribution in [3.05, 3.63) is 99.5 Å². The quantitative estimate of drug-likeness (QED) is 0.396. The van der Waals surface area contributed by atoms with Gasteiger partial charge in [-0.1, -0.05) is 83.4 Å². The average molecular weight is 563 g/mol. The van der Waals surface area contributed by atoms with Gasteiger partial charge < -0.3 is 10.2 Å². The molecule has 10 heteroatoms. The Balaban J connectivity index is 2.04. The standard InChI is InChI=1S/C27H29Cl2N3O4S/c1-19-9-11-21(12-10-19)17-31(25(27(34)30-2)15-20-7-5-4-6-8-20)26(33)18-32(37(3,35)36)24-14-13-22(28)16-23(24)29/h4-14,16,25H,15,17-18H2,1-3H3,(H,30,34)/t25-/m1/s1. The minimum atomic E-state index is -3.91. The Morgan fingerprint density at radius 2 is 1.59 bits per heavy atom. The van der Waals surface area contributed by atoms with Gasteiger partial charge in [0.05, 0.1) is 17.0 Å². The van der Waals surface area contributed by atoms with Gasteiger partial charge in [-0.25, -0.2) is 8.42 Å². The maximum Gasteiger partial charge on any atom is 0.244 e. The Morgan fingerprint density at radius 1 is 0.946 bits per heavy atom. The third-order valence-electron chi connectivity index (χ3n) is 5.85. The van der Waals surface area contributed by atoms with E-state index in [-0.39, 0.29) is 29.6 Å². The SMILES string of the molecule is CNC(=O)[C@@H](Cc1ccccc1)N(Cc1ccc(C)cc1)C(=O)CN(c1ccc(Cl)cc1Cl)S(C)(=O)=O. The zero-order valence-corrected chi connectivity index (χ0v) is 23.1. The topological polar surface area (TPSA) is 86.8 Å². The highest BCUT2D eigenvalue weighted by atomic mass is 35.5. The molecule has 0 aliphatic rings. The van der Waals surface area contributed by atoms with Crippen LogP contribution in [0.5, 0.6) is 0 Å². The van der Waals surface area contributed by atoms with E-state index in [9.17, 15) is 18.0 Å².